The molecule has 0 amide bonds. The molecule has 0 aromatic carbocycles. The minimum absolute atomic E-state index is 0.183. The topological polar surface area (TPSA) is 54.8 Å². The SMILES string of the molecule is COc1ccnc(CN2CCOC[C@@H]2[C@H]2CCC[C@H]2O)c1. The minimum atomic E-state index is -0.183. The van der Waals surface area contributed by atoms with Crippen LogP contribution in [0.4, 0.5) is 0 Å². The molecule has 21 heavy (non-hydrogen) atoms. The van der Waals surface area contributed by atoms with Gasteiger partial charge in [-0.25, -0.2) is 0 Å². The number of hydrogen-bond acceptors (Lipinski definition) is 5. The van der Waals surface area contributed by atoms with Crippen LogP contribution < -0.4 is 4.74 Å². The van der Waals surface area contributed by atoms with Crippen LogP contribution in [0.2, 0.25) is 0 Å². The zero-order valence-electron chi connectivity index (χ0n) is 12.6. The van der Waals surface area contributed by atoms with Crippen LogP contribution in [0.3, 0.4) is 0 Å². The van der Waals surface area contributed by atoms with E-state index in [1.165, 1.54) is 0 Å². The minimum Gasteiger partial charge on any atom is -0.497 e. The Morgan fingerprint density at radius 1 is 1.48 bits per heavy atom. The molecule has 1 saturated heterocycles. The lowest BCUT2D eigenvalue weighted by Crippen LogP contribution is -2.50. The summed E-state index contributed by atoms with van der Waals surface area (Å²) in [5.74, 6) is 1.17. The van der Waals surface area contributed by atoms with E-state index in [1.807, 2.05) is 12.1 Å². The number of morpholine rings is 1. The molecule has 0 unspecified atom stereocenters. The molecule has 1 aliphatic heterocycles. The van der Waals surface area contributed by atoms with E-state index in [4.69, 9.17) is 9.47 Å². The molecule has 0 radical (unpaired) electrons. The van der Waals surface area contributed by atoms with Gasteiger partial charge in [-0.15, -0.1) is 0 Å². The van der Waals surface area contributed by atoms with Crippen LogP contribution >= 0.6 is 0 Å². The number of hydrogen-bond donors (Lipinski definition) is 1. The van der Waals surface area contributed by atoms with Gasteiger partial charge in [0.15, 0.2) is 0 Å². The van der Waals surface area contributed by atoms with E-state index in [0.717, 1.165) is 50.4 Å². The molecule has 2 aliphatic rings. The largest absolute Gasteiger partial charge is 0.497 e. The van der Waals surface area contributed by atoms with Crippen molar-refractivity contribution in [2.24, 2.45) is 5.92 Å². The maximum atomic E-state index is 10.2. The highest BCUT2D eigenvalue weighted by molar-refractivity contribution is 5.22. The summed E-state index contributed by atoms with van der Waals surface area (Å²) in [6.45, 7) is 3.15. The van der Waals surface area contributed by atoms with Gasteiger partial charge in [-0.05, 0) is 18.9 Å². The molecule has 2 fully saturated rings. The molecule has 5 nitrogen and oxygen atoms in total. The van der Waals surface area contributed by atoms with Crippen LogP contribution in [0.15, 0.2) is 18.3 Å². The van der Waals surface area contributed by atoms with Gasteiger partial charge in [0, 0.05) is 37.3 Å². The fourth-order valence-electron chi connectivity index (χ4n) is 3.54. The van der Waals surface area contributed by atoms with Crippen LogP contribution in [0.5, 0.6) is 5.75 Å². The Labute approximate surface area is 125 Å². The molecule has 3 rings (SSSR count). The van der Waals surface area contributed by atoms with Crippen LogP contribution in [0.1, 0.15) is 25.0 Å². The molecular weight excluding hydrogens is 268 g/mol. The molecule has 1 saturated carbocycles. The van der Waals surface area contributed by atoms with Crippen molar-refractivity contribution in [2.75, 3.05) is 26.9 Å². The van der Waals surface area contributed by atoms with Crippen molar-refractivity contribution in [3.8, 4) is 5.75 Å². The van der Waals surface area contributed by atoms with E-state index >= 15 is 0 Å². The van der Waals surface area contributed by atoms with Crippen molar-refractivity contribution in [1.29, 1.82) is 0 Å². The Kier molecular flexibility index (Phi) is 4.73. The Hall–Kier alpha value is -1.17. The van der Waals surface area contributed by atoms with Gasteiger partial charge in [-0.3, -0.25) is 9.88 Å². The molecule has 2 heterocycles. The number of methoxy groups -OCH3 is 1. The summed E-state index contributed by atoms with van der Waals surface area (Å²) in [7, 11) is 1.67. The van der Waals surface area contributed by atoms with Crippen molar-refractivity contribution in [3.05, 3.63) is 24.0 Å². The van der Waals surface area contributed by atoms with Gasteiger partial charge in [-0.2, -0.15) is 0 Å². The third kappa shape index (κ3) is 3.36. The fourth-order valence-corrected chi connectivity index (χ4v) is 3.54. The first-order chi connectivity index (χ1) is 10.3. The van der Waals surface area contributed by atoms with Crippen LogP contribution in [0, 0.1) is 5.92 Å². The van der Waals surface area contributed by atoms with E-state index in [1.54, 1.807) is 13.3 Å². The molecule has 1 aromatic rings. The average molecular weight is 292 g/mol. The normalized spacial score (nSPS) is 30.5. The smallest absolute Gasteiger partial charge is 0.122 e. The average Bonchev–Trinajstić information content (AvgIpc) is 2.94. The number of aliphatic hydroxyl groups is 1. The van der Waals surface area contributed by atoms with Crippen molar-refractivity contribution in [2.45, 2.75) is 38.0 Å². The number of pyridine rings is 1. The van der Waals surface area contributed by atoms with Gasteiger partial charge >= 0.3 is 0 Å². The molecular formula is C16H24N2O3. The monoisotopic (exact) mass is 292 g/mol. The zero-order valence-corrected chi connectivity index (χ0v) is 12.6. The van der Waals surface area contributed by atoms with E-state index in [0.29, 0.717) is 18.6 Å². The molecule has 0 bridgehead atoms. The summed E-state index contributed by atoms with van der Waals surface area (Å²) in [6, 6.07) is 4.14. The maximum absolute atomic E-state index is 10.2. The predicted molar refractivity (Wildman–Crippen MR) is 79.2 cm³/mol. The Morgan fingerprint density at radius 3 is 3.14 bits per heavy atom. The molecule has 0 spiro atoms. The Balaban J connectivity index is 1.71. The number of rotatable bonds is 4. The first-order valence-corrected chi connectivity index (χ1v) is 7.76. The van der Waals surface area contributed by atoms with Gasteiger partial charge < -0.3 is 14.6 Å². The van der Waals surface area contributed by atoms with Gasteiger partial charge in [0.2, 0.25) is 0 Å². The molecule has 116 valence electrons. The summed E-state index contributed by atoms with van der Waals surface area (Å²) in [6.07, 6.45) is 4.74. The summed E-state index contributed by atoms with van der Waals surface area (Å²) in [4.78, 5) is 6.84. The molecule has 1 aliphatic carbocycles. The maximum Gasteiger partial charge on any atom is 0.122 e. The summed E-state index contributed by atoms with van der Waals surface area (Å²) in [5, 5.41) is 10.2. The highest BCUT2D eigenvalue weighted by atomic mass is 16.5. The van der Waals surface area contributed by atoms with Gasteiger partial charge in [0.25, 0.3) is 0 Å². The van der Waals surface area contributed by atoms with Crippen molar-refractivity contribution in [3.63, 3.8) is 0 Å². The van der Waals surface area contributed by atoms with Crippen molar-refractivity contribution in [1.82, 2.24) is 9.88 Å². The zero-order chi connectivity index (χ0) is 14.7. The number of ether oxygens (including phenoxy) is 2. The van der Waals surface area contributed by atoms with E-state index in [9.17, 15) is 5.11 Å². The second kappa shape index (κ2) is 6.73. The first-order valence-electron chi connectivity index (χ1n) is 7.76. The molecule has 3 atom stereocenters. The quantitative estimate of drug-likeness (QED) is 0.910. The van der Waals surface area contributed by atoms with Crippen molar-refractivity contribution >= 4 is 0 Å². The lowest BCUT2D eigenvalue weighted by atomic mass is 9.94. The standard InChI is InChI=1S/C16H24N2O3/c1-20-13-5-6-17-12(9-13)10-18-7-8-21-11-15(18)14-3-2-4-16(14)19/h5-6,9,14-16,19H,2-4,7-8,10-11H2,1H3/t14-,15-,16-/m1/s1. The van der Waals surface area contributed by atoms with Gasteiger partial charge in [0.05, 0.1) is 32.1 Å². The Bertz CT molecular complexity index is 469. The molecule has 1 aromatic heterocycles. The lowest BCUT2D eigenvalue weighted by Gasteiger charge is -2.39. The Morgan fingerprint density at radius 2 is 2.38 bits per heavy atom. The third-order valence-corrected chi connectivity index (χ3v) is 4.70. The number of aromatic nitrogens is 1. The fraction of sp³-hybridized carbons (Fsp3) is 0.688. The number of nitrogens with zero attached hydrogens (tertiary/aromatic N) is 2. The predicted octanol–water partition coefficient (Wildman–Crippen LogP) is 1.45. The van der Waals surface area contributed by atoms with Crippen LogP contribution in [-0.4, -0.2) is 54.0 Å². The third-order valence-electron chi connectivity index (χ3n) is 4.70. The highest BCUT2D eigenvalue weighted by Crippen LogP contribution is 2.32. The first kappa shape index (κ1) is 14.8. The summed E-state index contributed by atoms with van der Waals surface area (Å²) < 4.78 is 10.9. The second-order valence-electron chi connectivity index (χ2n) is 5.96. The van der Waals surface area contributed by atoms with Crippen LogP contribution in [0.25, 0.3) is 0 Å². The lowest BCUT2D eigenvalue weighted by molar-refractivity contribution is -0.0540. The van der Waals surface area contributed by atoms with E-state index in [-0.39, 0.29) is 6.10 Å². The van der Waals surface area contributed by atoms with Gasteiger partial charge in [-0.1, -0.05) is 6.42 Å². The van der Waals surface area contributed by atoms with Crippen LogP contribution in [-0.2, 0) is 11.3 Å². The van der Waals surface area contributed by atoms with Crippen molar-refractivity contribution < 1.29 is 14.6 Å². The van der Waals surface area contributed by atoms with E-state index in [2.05, 4.69) is 9.88 Å². The second-order valence-corrected chi connectivity index (χ2v) is 5.96. The highest BCUT2D eigenvalue weighted by Gasteiger charge is 2.37. The summed E-state index contributed by atoms with van der Waals surface area (Å²) >= 11 is 0. The summed E-state index contributed by atoms with van der Waals surface area (Å²) in [5.41, 5.74) is 1.01. The molecule has 5 heteroatoms. The molecule has 1 N–H and O–H groups in total. The van der Waals surface area contributed by atoms with E-state index < -0.39 is 0 Å². The number of aliphatic hydroxyl groups excluding tert-OH is 1. The van der Waals surface area contributed by atoms with Gasteiger partial charge in [0.1, 0.15) is 5.75 Å².